The summed E-state index contributed by atoms with van der Waals surface area (Å²) in [6.45, 7) is 12.1. The third-order valence-electron chi connectivity index (χ3n) is 6.05. The lowest BCUT2D eigenvalue weighted by Crippen LogP contribution is -2.52. The van der Waals surface area contributed by atoms with Crippen LogP contribution < -0.4 is 5.32 Å². The number of nitrogens with zero attached hydrogens (tertiary/aromatic N) is 7. The summed E-state index contributed by atoms with van der Waals surface area (Å²) in [5.41, 5.74) is 3.35. The molecule has 0 saturated carbocycles. The number of morpholine rings is 1. The van der Waals surface area contributed by atoms with Gasteiger partial charge < -0.3 is 19.5 Å². The number of hydrogen-bond donors (Lipinski definition) is 1. The van der Waals surface area contributed by atoms with Gasteiger partial charge in [0.05, 0.1) is 24.0 Å². The summed E-state index contributed by atoms with van der Waals surface area (Å²) in [4.78, 5) is 28.9. The Balaban J connectivity index is 1.65. The zero-order valence-electron chi connectivity index (χ0n) is 19.7. The lowest BCUT2D eigenvalue weighted by Gasteiger charge is -2.37. The number of hydrogen-bond acceptors (Lipinski definition) is 7. The molecule has 3 aromatic rings. The second kappa shape index (κ2) is 8.85. The summed E-state index contributed by atoms with van der Waals surface area (Å²) >= 11 is 0. The number of carbonyl (C=O) groups excluding carboxylic acids is 1. The highest BCUT2D eigenvalue weighted by Crippen LogP contribution is 2.28. The Hall–Kier alpha value is -3.01. The third kappa shape index (κ3) is 3.94. The van der Waals surface area contributed by atoms with E-state index in [1.165, 1.54) is 6.33 Å². The van der Waals surface area contributed by atoms with E-state index in [0.717, 1.165) is 23.6 Å². The second-order valence-electron chi connectivity index (χ2n) is 8.45. The van der Waals surface area contributed by atoms with E-state index in [9.17, 15) is 4.79 Å². The van der Waals surface area contributed by atoms with E-state index in [1.54, 1.807) is 0 Å². The lowest BCUT2D eigenvalue weighted by molar-refractivity contribution is -0.144. The summed E-state index contributed by atoms with van der Waals surface area (Å²) in [5.74, 6) is 1.39. The molecule has 1 N–H and O–H groups in total. The molecule has 1 amide bonds. The van der Waals surface area contributed by atoms with Gasteiger partial charge in [0.15, 0.2) is 17.0 Å². The summed E-state index contributed by atoms with van der Waals surface area (Å²) in [6, 6.07) is -0.402. The van der Waals surface area contributed by atoms with Gasteiger partial charge in [-0.05, 0) is 34.1 Å². The van der Waals surface area contributed by atoms with Gasteiger partial charge in [-0.3, -0.25) is 9.48 Å². The Morgan fingerprint density at radius 3 is 2.59 bits per heavy atom. The molecule has 32 heavy (non-hydrogen) atoms. The molecule has 10 heteroatoms. The Kier molecular flexibility index (Phi) is 6.14. The maximum atomic E-state index is 13.3. The van der Waals surface area contributed by atoms with Crippen molar-refractivity contribution in [2.24, 2.45) is 7.05 Å². The number of amides is 1. The van der Waals surface area contributed by atoms with E-state index in [1.807, 2.05) is 55.1 Å². The van der Waals surface area contributed by atoms with E-state index in [0.29, 0.717) is 36.5 Å². The van der Waals surface area contributed by atoms with Crippen LogP contribution >= 0.6 is 0 Å². The molecule has 0 bridgehead atoms. The molecule has 0 aliphatic carbocycles. The normalized spacial score (nSPS) is 20.0. The van der Waals surface area contributed by atoms with E-state index in [2.05, 4.69) is 27.3 Å². The van der Waals surface area contributed by atoms with Gasteiger partial charge in [-0.2, -0.15) is 5.10 Å². The molecule has 3 aromatic heterocycles. The molecule has 10 nitrogen and oxygen atoms in total. The van der Waals surface area contributed by atoms with E-state index >= 15 is 0 Å². The van der Waals surface area contributed by atoms with Crippen molar-refractivity contribution in [1.29, 1.82) is 0 Å². The first-order chi connectivity index (χ1) is 15.3. The predicted octanol–water partition coefficient (Wildman–Crippen LogP) is 2.38. The van der Waals surface area contributed by atoms with Crippen molar-refractivity contribution in [2.75, 3.05) is 18.4 Å². The van der Waals surface area contributed by atoms with Gasteiger partial charge in [-0.15, -0.1) is 0 Å². The maximum absolute atomic E-state index is 13.3. The third-order valence-corrected chi connectivity index (χ3v) is 6.05. The average Bonchev–Trinajstić information content (AvgIpc) is 3.30. The van der Waals surface area contributed by atoms with Crippen molar-refractivity contribution in [3.05, 3.63) is 18.2 Å². The highest BCUT2D eigenvalue weighted by molar-refractivity contribution is 5.90. The van der Waals surface area contributed by atoms with Crippen LogP contribution in [0.15, 0.2) is 12.5 Å². The molecule has 0 aromatic carbocycles. The number of aromatic nitrogens is 6. The molecule has 3 unspecified atom stereocenters. The number of fused-ring (bicyclic) bond motifs is 1. The SMILES string of the molecule is CCC(Nc1ncnc2c1nc(-c1cnn(CC)c1C)n2C)C(=O)N1CC(C)OC(C)C1. The first kappa shape index (κ1) is 22.2. The monoisotopic (exact) mass is 440 g/mol. The Bertz CT molecular complexity index is 1110. The summed E-state index contributed by atoms with van der Waals surface area (Å²) in [7, 11) is 1.93. The molecule has 1 aliphatic rings. The molecule has 0 radical (unpaired) electrons. The maximum Gasteiger partial charge on any atom is 0.245 e. The smallest absolute Gasteiger partial charge is 0.245 e. The number of nitrogens with one attached hydrogen (secondary N) is 1. The Morgan fingerprint density at radius 1 is 1.25 bits per heavy atom. The van der Waals surface area contributed by atoms with E-state index in [4.69, 9.17) is 9.72 Å². The predicted molar refractivity (Wildman–Crippen MR) is 122 cm³/mol. The first-order valence-electron chi connectivity index (χ1n) is 11.2. The van der Waals surface area contributed by atoms with Crippen LogP contribution in [-0.4, -0.2) is 71.4 Å². The molecule has 3 atom stereocenters. The zero-order valence-corrected chi connectivity index (χ0v) is 19.7. The Morgan fingerprint density at radius 2 is 1.97 bits per heavy atom. The molecule has 1 fully saturated rings. The molecular formula is C22H32N8O2. The molecular weight excluding hydrogens is 408 g/mol. The van der Waals surface area contributed by atoms with Crippen LogP contribution in [-0.2, 0) is 23.1 Å². The topological polar surface area (TPSA) is 103 Å². The molecule has 1 aliphatic heterocycles. The van der Waals surface area contributed by atoms with Crippen LogP contribution in [0, 0.1) is 6.92 Å². The highest BCUT2D eigenvalue weighted by Gasteiger charge is 2.30. The van der Waals surface area contributed by atoms with Crippen LogP contribution in [0.25, 0.3) is 22.6 Å². The zero-order chi connectivity index (χ0) is 23.0. The van der Waals surface area contributed by atoms with Crippen molar-refractivity contribution in [2.45, 2.75) is 65.8 Å². The standard InChI is InChI=1S/C22H32N8O2/c1-7-17(22(31)29-10-13(3)32-14(4)11-29)26-19-18-21(24-12-23-19)28(6)20(27-18)16-9-25-30(8-2)15(16)5/h9,12-14,17H,7-8,10-11H2,1-6H3,(H,23,24,26). The van der Waals surface area contributed by atoms with E-state index in [-0.39, 0.29) is 18.1 Å². The number of imidazole rings is 1. The van der Waals surface area contributed by atoms with Crippen LogP contribution in [0.3, 0.4) is 0 Å². The van der Waals surface area contributed by atoms with Crippen molar-refractivity contribution in [1.82, 2.24) is 34.2 Å². The minimum Gasteiger partial charge on any atom is -0.372 e. The molecule has 4 heterocycles. The fourth-order valence-corrected chi connectivity index (χ4v) is 4.41. The van der Waals surface area contributed by atoms with Crippen LogP contribution in [0.4, 0.5) is 5.82 Å². The van der Waals surface area contributed by atoms with Gasteiger partial charge in [0.2, 0.25) is 5.91 Å². The van der Waals surface area contributed by atoms with Crippen molar-refractivity contribution >= 4 is 22.9 Å². The van der Waals surface area contributed by atoms with Crippen molar-refractivity contribution in [3.63, 3.8) is 0 Å². The van der Waals surface area contributed by atoms with Gasteiger partial charge in [0.1, 0.15) is 18.2 Å². The molecule has 1 saturated heterocycles. The summed E-state index contributed by atoms with van der Waals surface area (Å²) in [5, 5.41) is 7.79. The van der Waals surface area contributed by atoms with Gasteiger partial charge in [0.25, 0.3) is 0 Å². The minimum absolute atomic E-state index is 0.0246. The van der Waals surface area contributed by atoms with Crippen molar-refractivity contribution in [3.8, 4) is 11.4 Å². The highest BCUT2D eigenvalue weighted by atomic mass is 16.5. The lowest BCUT2D eigenvalue weighted by atomic mass is 10.1. The van der Waals surface area contributed by atoms with Gasteiger partial charge >= 0.3 is 0 Å². The van der Waals surface area contributed by atoms with Gasteiger partial charge in [-0.25, -0.2) is 15.0 Å². The summed E-state index contributed by atoms with van der Waals surface area (Å²) in [6.07, 6.45) is 4.02. The second-order valence-corrected chi connectivity index (χ2v) is 8.45. The number of anilines is 1. The van der Waals surface area contributed by atoms with Crippen LogP contribution in [0.2, 0.25) is 0 Å². The number of rotatable bonds is 6. The molecule has 4 rings (SSSR count). The number of ether oxygens (including phenoxy) is 1. The minimum atomic E-state index is -0.402. The van der Waals surface area contributed by atoms with E-state index < -0.39 is 6.04 Å². The average molecular weight is 441 g/mol. The summed E-state index contributed by atoms with van der Waals surface area (Å²) < 4.78 is 9.66. The fraction of sp³-hybridized carbons (Fsp3) is 0.591. The van der Waals surface area contributed by atoms with Gasteiger partial charge in [-0.1, -0.05) is 6.92 Å². The van der Waals surface area contributed by atoms with Crippen molar-refractivity contribution < 1.29 is 9.53 Å². The van der Waals surface area contributed by atoms with Crippen LogP contribution in [0.1, 0.15) is 39.8 Å². The number of carbonyl (C=O) groups is 1. The molecule has 172 valence electrons. The Labute approximate surface area is 188 Å². The van der Waals surface area contributed by atoms with Crippen LogP contribution in [0.5, 0.6) is 0 Å². The quantitative estimate of drug-likeness (QED) is 0.628. The fourth-order valence-electron chi connectivity index (χ4n) is 4.41. The largest absolute Gasteiger partial charge is 0.372 e. The number of aryl methyl sites for hydroxylation is 2. The van der Waals surface area contributed by atoms with Gasteiger partial charge in [0, 0.05) is 32.4 Å². The first-order valence-corrected chi connectivity index (χ1v) is 11.2. The molecule has 0 spiro atoms.